The molecule has 1 saturated carbocycles. The SMILES string of the molecule is CC1CCCC1NC(=O)NCC(C(=O)O)c1ccccc1. The van der Waals surface area contributed by atoms with E-state index < -0.39 is 11.9 Å². The van der Waals surface area contributed by atoms with Gasteiger partial charge in [-0.2, -0.15) is 0 Å². The fourth-order valence-electron chi connectivity index (χ4n) is 2.81. The molecule has 3 atom stereocenters. The Morgan fingerprint density at radius 2 is 2.00 bits per heavy atom. The van der Waals surface area contributed by atoms with E-state index in [1.54, 1.807) is 24.3 Å². The second-order valence-corrected chi connectivity index (χ2v) is 5.67. The van der Waals surface area contributed by atoms with E-state index >= 15 is 0 Å². The van der Waals surface area contributed by atoms with Crippen LogP contribution in [0.1, 0.15) is 37.7 Å². The van der Waals surface area contributed by atoms with Crippen LogP contribution in [0.25, 0.3) is 0 Å². The maximum Gasteiger partial charge on any atom is 0.315 e. The van der Waals surface area contributed by atoms with Gasteiger partial charge in [-0.1, -0.05) is 43.7 Å². The van der Waals surface area contributed by atoms with Gasteiger partial charge in [0.15, 0.2) is 0 Å². The number of amides is 2. The summed E-state index contributed by atoms with van der Waals surface area (Å²) in [5.41, 5.74) is 0.694. The average molecular weight is 290 g/mol. The number of aliphatic carboxylic acids is 1. The van der Waals surface area contributed by atoms with E-state index in [4.69, 9.17) is 0 Å². The largest absolute Gasteiger partial charge is 0.481 e. The van der Waals surface area contributed by atoms with E-state index in [0.717, 1.165) is 19.3 Å². The third-order valence-corrected chi connectivity index (χ3v) is 4.14. The molecule has 0 aliphatic heterocycles. The van der Waals surface area contributed by atoms with Crippen molar-refractivity contribution >= 4 is 12.0 Å². The minimum Gasteiger partial charge on any atom is -0.481 e. The monoisotopic (exact) mass is 290 g/mol. The predicted octanol–water partition coefficient (Wildman–Crippen LogP) is 2.34. The molecule has 1 aromatic rings. The van der Waals surface area contributed by atoms with Crippen molar-refractivity contribution in [1.82, 2.24) is 10.6 Å². The van der Waals surface area contributed by atoms with Gasteiger partial charge in [0.1, 0.15) is 0 Å². The highest BCUT2D eigenvalue weighted by atomic mass is 16.4. The molecule has 1 fully saturated rings. The second-order valence-electron chi connectivity index (χ2n) is 5.67. The normalized spacial score (nSPS) is 22.5. The Kier molecular flexibility index (Phi) is 5.20. The summed E-state index contributed by atoms with van der Waals surface area (Å²) in [6, 6.07) is 8.87. The van der Waals surface area contributed by atoms with E-state index in [1.165, 1.54) is 0 Å². The first kappa shape index (κ1) is 15.4. The minimum atomic E-state index is -0.935. The Balaban J connectivity index is 1.87. The third kappa shape index (κ3) is 4.21. The van der Waals surface area contributed by atoms with Crippen molar-refractivity contribution in [1.29, 1.82) is 0 Å². The van der Waals surface area contributed by atoms with E-state index in [-0.39, 0.29) is 18.6 Å². The number of hydrogen-bond donors (Lipinski definition) is 3. The summed E-state index contributed by atoms with van der Waals surface area (Å²) in [7, 11) is 0. The zero-order valence-corrected chi connectivity index (χ0v) is 12.2. The molecule has 0 radical (unpaired) electrons. The summed E-state index contributed by atoms with van der Waals surface area (Å²) >= 11 is 0. The standard InChI is InChI=1S/C16H22N2O3/c1-11-6-5-9-14(11)18-16(21)17-10-13(15(19)20)12-7-3-2-4-8-12/h2-4,7-8,11,13-14H,5-6,9-10H2,1H3,(H,19,20)(H2,17,18,21). The molecule has 0 saturated heterocycles. The van der Waals surface area contributed by atoms with Crippen molar-refractivity contribution in [2.45, 2.75) is 38.1 Å². The number of carboxylic acid groups (broad SMARTS) is 1. The number of rotatable bonds is 5. The van der Waals surface area contributed by atoms with Crippen molar-refractivity contribution in [3.8, 4) is 0 Å². The number of nitrogens with one attached hydrogen (secondary N) is 2. The van der Waals surface area contributed by atoms with Crippen LogP contribution in [-0.4, -0.2) is 29.7 Å². The fourth-order valence-corrected chi connectivity index (χ4v) is 2.81. The molecule has 2 amide bonds. The highest BCUT2D eigenvalue weighted by Crippen LogP contribution is 2.24. The lowest BCUT2D eigenvalue weighted by Crippen LogP contribution is -2.45. The number of carbonyl (C=O) groups is 2. The average Bonchev–Trinajstić information content (AvgIpc) is 2.85. The van der Waals surface area contributed by atoms with Gasteiger partial charge in [0.25, 0.3) is 0 Å². The molecule has 0 bridgehead atoms. The highest BCUT2D eigenvalue weighted by molar-refractivity contribution is 5.79. The maximum absolute atomic E-state index is 11.9. The molecule has 1 aromatic carbocycles. The summed E-state index contributed by atoms with van der Waals surface area (Å²) in [5.74, 6) is -1.17. The maximum atomic E-state index is 11.9. The molecular weight excluding hydrogens is 268 g/mol. The quantitative estimate of drug-likeness (QED) is 0.779. The van der Waals surface area contributed by atoms with Crippen molar-refractivity contribution in [2.24, 2.45) is 5.92 Å². The van der Waals surface area contributed by atoms with Gasteiger partial charge in [0.2, 0.25) is 0 Å². The summed E-state index contributed by atoms with van der Waals surface area (Å²) in [6.07, 6.45) is 3.26. The van der Waals surface area contributed by atoms with Gasteiger partial charge >= 0.3 is 12.0 Å². The van der Waals surface area contributed by atoms with E-state index in [1.807, 2.05) is 6.07 Å². The first-order valence-electron chi connectivity index (χ1n) is 7.40. The van der Waals surface area contributed by atoms with E-state index in [9.17, 15) is 14.7 Å². The molecule has 1 aliphatic rings. The van der Waals surface area contributed by atoms with Crippen LogP contribution < -0.4 is 10.6 Å². The van der Waals surface area contributed by atoms with Crippen LogP contribution in [0.5, 0.6) is 0 Å². The van der Waals surface area contributed by atoms with Gasteiger partial charge in [-0.25, -0.2) is 4.79 Å². The molecule has 3 unspecified atom stereocenters. The van der Waals surface area contributed by atoms with Crippen LogP contribution in [0.4, 0.5) is 4.79 Å². The first-order chi connectivity index (χ1) is 10.1. The number of carbonyl (C=O) groups excluding carboxylic acids is 1. The van der Waals surface area contributed by atoms with Crippen molar-refractivity contribution in [3.63, 3.8) is 0 Å². The topological polar surface area (TPSA) is 78.4 Å². The van der Waals surface area contributed by atoms with Crippen molar-refractivity contribution < 1.29 is 14.7 Å². The highest BCUT2D eigenvalue weighted by Gasteiger charge is 2.25. The number of benzene rings is 1. The van der Waals surface area contributed by atoms with Gasteiger partial charge in [0.05, 0.1) is 5.92 Å². The molecule has 21 heavy (non-hydrogen) atoms. The second kappa shape index (κ2) is 7.11. The van der Waals surface area contributed by atoms with Crippen LogP contribution in [0.2, 0.25) is 0 Å². The van der Waals surface area contributed by atoms with Crippen molar-refractivity contribution in [2.75, 3.05) is 6.54 Å². The first-order valence-corrected chi connectivity index (χ1v) is 7.40. The zero-order chi connectivity index (χ0) is 15.2. The molecule has 1 aliphatic carbocycles. The van der Waals surface area contributed by atoms with Crippen LogP contribution in [0.15, 0.2) is 30.3 Å². The summed E-state index contributed by atoms with van der Waals surface area (Å²) in [5, 5.41) is 14.9. The van der Waals surface area contributed by atoms with Gasteiger partial charge in [-0.3, -0.25) is 4.79 Å². The lowest BCUT2D eigenvalue weighted by Gasteiger charge is -2.19. The third-order valence-electron chi connectivity index (χ3n) is 4.14. The Bertz CT molecular complexity index is 490. The van der Waals surface area contributed by atoms with Crippen LogP contribution >= 0.6 is 0 Å². The molecule has 5 heteroatoms. The zero-order valence-electron chi connectivity index (χ0n) is 12.2. The molecule has 3 N–H and O–H groups in total. The van der Waals surface area contributed by atoms with Crippen LogP contribution in [-0.2, 0) is 4.79 Å². The van der Waals surface area contributed by atoms with Gasteiger partial charge in [-0.05, 0) is 24.3 Å². The summed E-state index contributed by atoms with van der Waals surface area (Å²) in [4.78, 5) is 23.2. The Morgan fingerprint density at radius 3 is 2.57 bits per heavy atom. The lowest BCUT2D eigenvalue weighted by molar-refractivity contribution is -0.138. The fraction of sp³-hybridized carbons (Fsp3) is 0.500. The Labute approximate surface area is 124 Å². The Hall–Kier alpha value is -2.04. The molecule has 0 spiro atoms. The van der Waals surface area contributed by atoms with Gasteiger partial charge in [0, 0.05) is 12.6 Å². The van der Waals surface area contributed by atoms with Gasteiger partial charge < -0.3 is 15.7 Å². The molecule has 0 heterocycles. The van der Waals surface area contributed by atoms with Crippen LogP contribution in [0.3, 0.4) is 0 Å². The molecular formula is C16H22N2O3. The molecule has 5 nitrogen and oxygen atoms in total. The predicted molar refractivity (Wildman–Crippen MR) is 80.2 cm³/mol. The molecule has 114 valence electrons. The number of carboxylic acids is 1. The number of hydrogen-bond acceptors (Lipinski definition) is 2. The summed E-state index contributed by atoms with van der Waals surface area (Å²) in [6.45, 7) is 2.22. The smallest absolute Gasteiger partial charge is 0.315 e. The van der Waals surface area contributed by atoms with Crippen LogP contribution in [0, 0.1) is 5.92 Å². The summed E-state index contributed by atoms with van der Waals surface area (Å²) < 4.78 is 0. The van der Waals surface area contributed by atoms with E-state index in [0.29, 0.717) is 11.5 Å². The number of urea groups is 1. The minimum absolute atomic E-state index is 0.0896. The molecule has 2 rings (SSSR count). The lowest BCUT2D eigenvalue weighted by atomic mass is 9.99. The Morgan fingerprint density at radius 1 is 1.29 bits per heavy atom. The van der Waals surface area contributed by atoms with Crippen molar-refractivity contribution in [3.05, 3.63) is 35.9 Å². The molecule has 0 aromatic heterocycles. The van der Waals surface area contributed by atoms with E-state index in [2.05, 4.69) is 17.6 Å². The van der Waals surface area contributed by atoms with Gasteiger partial charge in [-0.15, -0.1) is 0 Å².